The molecule has 1 aliphatic heterocycles. The summed E-state index contributed by atoms with van der Waals surface area (Å²) in [6, 6.07) is 18.2. The van der Waals surface area contributed by atoms with Gasteiger partial charge in [0.25, 0.3) is 0 Å². The summed E-state index contributed by atoms with van der Waals surface area (Å²) in [4.78, 5) is 3.53. The van der Waals surface area contributed by atoms with Crippen molar-refractivity contribution in [3.63, 3.8) is 0 Å². The molecule has 4 rings (SSSR count). The molecule has 1 saturated carbocycles. The lowest BCUT2D eigenvalue weighted by molar-refractivity contribution is -1.03. The lowest BCUT2D eigenvalue weighted by Gasteiger charge is -2.38. The van der Waals surface area contributed by atoms with Crippen molar-refractivity contribution in [2.24, 2.45) is 0 Å². The van der Waals surface area contributed by atoms with Crippen LogP contribution < -0.4 is 19.3 Å². The van der Waals surface area contributed by atoms with Gasteiger partial charge in [-0.2, -0.15) is 0 Å². The molecule has 1 saturated heterocycles. The Hall–Kier alpha value is -2.04. The predicted octanol–water partition coefficient (Wildman–Crippen LogP) is 1.71. The van der Waals surface area contributed by atoms with Crippen LogP contribution in [0.4, 0.5) is 0 Å². The van der Waals surface area contributed by atoms with Crippen molar-refractivity contribution in [2.45, 2.75) is 44.2 Å². The average Bonchev–Trinajstić information content (AvgIpc) is 2.80. The molecule has 2 fully saturated rings. The number of rotatable bonds is 6. The van der Waals surface area contributed by atoms with E-state index in [1.54, 1.807) is 24.7 Å². The Balaban J connectivity index is 1.26. The molecule has 1 heterocycles. The summed E-state index contributed by atoms with van der Waals surface area (Å²) < 4.78 is 10.9. The monoisotopic (exact) mass is 396 g/mol. The highest BCUT2D eigenvalue weighted by Crippen LogP contribution is 2.31. The first-order valence-corrected chi connectivity index (χ1v) is 11.2. The van der Waals surface area contributed by atoms with Crippen molar-refractivity contribution >= 4 is 0 Å². The zero-order chi connectivity index (χ0) is 20.1. The third-order valence-corrected chi connectivity index (χ3v) is 7.11. The van der Waals surface area contributed by atoms with E-state index in [9.17, 15) is 0 Å². The summed E-state index contributed by atoms with van der Waals surface area (Å²) in [6.45, 7) is 6.15. The Morgan fingerprint density at radius 3 is 2.21 bits per heavy atom. The molecule has 1 aliphatic carbocycles. The molecule has 29 heavy (non-hydrogen) atoms. The van der Waals surface area contributed by atoms with Gasteiger partial charge in [-0.3, -0.25) is 0 Å². The molecule has 0 bridgehead atoms. The van der Waals surface area contributed by atoms with Gasteiger partial charge in [-0.15, -0.1) is 0 Å². The van der Waals surface area contributed by atoms with Gasteiger partial charge in [0.15, 0.2) is 0 Å². The second-order valence-corrected chi connectivity index (χ2v) is 8.72. The first-order valence-electron chi connectivity index (χ1n) is 11.2. The molecule has 0 radical (unpaired) electrons. The van der Waals surface area contributed by atoms with Crippen LogP contribution in [0.25, 0.3) is 0 Å². The lowest BCUT2D eigenvalue weighted by Crippen LogP contribution is -3.29. The molecule has 156 valence electrons. The number of hydrogen-bond acceptors (Lipinski definition) is 2. The molecule has 2 aromatic rings. The van der Waals surface area contributed by atoms with Gasteiger partial charge in [-0.1, -0.05) is 30.3 Å². The number of ether oxygens (including phenoxy) is 2. The van der Waals surface area contributed by atoms with Crippen molar-refractivity contribution in [3.05, 3.63) is 59.7 Å². The Morgan fingerprint density at radius 1 is 0.828 bits per heavy atom. The van der Waals surface area contributed by atoms with Crippen LogP contribution in [0.1, 0.15) is 42.7 Å². The van der Waals surface area contributed by atoms with Crippen LogP contribution in [-0.4, -0.2) is 46.4 Å². The van der Waals surface area contributed by atoms with Crippen LogP contribution in [0.2, 0.25) is 0 Å². The second-order valence-electron chi connectivity index (χ2n) is 8.72. The Bertz CT molecular complexity index is 764. The molecule has 2 N–H and O–H groups in total. The normalized spacial score (nSPS) is 27.4. The molecule has 0 atom stereocenters. The van der Waals surface area contributed by atoms with E-state index in [2.05, 4.69) is 36.4 Å². The zero-order valence-corrected chi connectivity index (χ0v) is 18.0. The number of piperazine rings is 1. The van der Waals surface area contributed by atoms with Crippen LogP contribution in [-0.2, 0) is 6.54 Å². The van der Waals surface area contributed by atoms with Gasteiger partial charge in [0.05, 0.1) is 20.3 Å². The van der Waals surface area contributed by atoms with Crippen LogP contribution in [0.5, 0.6) is 11.5 Å². The van der Waals surface area contributed by atoms with Gasteiger partial charge < -0.3 is 19.3 Å². The molecule has 0 amide bonds. The third-order valence-electron chi connectivity index (χ3n) is 7.11. The molecule has 0 spiro atoms. The average molecular weight is 397 g/mol. The maximum Gasteiger partial charge on any atom is 0.131 e. The first kappa shape index (κ1) is 20.2. The fourth-order valence-corrected chi connectivity index (χ4v) is 5.34. The minimum atomic E-state index is 0.779. The summed E-state index contributed by atoms with van der Waals surface area (Å²) in [5, 5.41) is 0. The van der Waals surface area contributed by atoms with Crippen molar-refractivity contribution in [1.82, 2.24) is 0 Å². The summed E-state index contributed by atoms with van der Waals surface area (Å²) in [5.41, 5.74) is 2.83. The lowest BCUT2D eigenvalue weighted by atomic mass is 9.81. The quantitative estimate of drug-likeness (QED) is 0.778. The van der Waals surface area contributed by atoms with Crippen LogP contribution in [0.15, 0.2) is 48.5 Å². The summed E-state index contributed by atoms with van der Waals surface area (Å²) >= 11 is 0. The van der Waals surface area contributed by atoms with E-state index in [1.807, 2.05) is 17.0 Å². The van der Waals surface area contributed by atoms with Gasteiger partial charge in [-0.05, 0) is 49.3 Å². The summed E-state index contributed by atoms with van der Waals surface area (Å²) in [5.74, 6) is 2.59. The number of hydrogen-bond donors (Lipinski definition) is 2. The van der Waals surface area contributed by atoms with Gasteiger partial charge in [0, 0.05) is 11.6 Å². The largest absolute Gasteiger partial charge is 0.497 e. The fraction of sp³-hybridized carbons (Fsp3) is 0.520. The molecular formula is C25H36N2O2+2. The van der Waals surface area contributed by atoms with E-state index in [0.717, 1.165) is 30.0 Å². The van der Waals surface area contributed by atoms with Crippen molar-refractivity contribution in [2.75, 3.05) is 40.4 Å². The Labute approximate surface area is 175 Å². The first-order chi connectivity index (χ1) is 14.3. The van der Waals surface area contributed by atoms with E-state index < -0.39 is 0 Å². The minimum absolute atomic E-state index is 0.779. The summed E-state index contributed by atoms with van der Waals surface area (Å²) in [6.07, 6.45) is 5.49. The van der Waals surface area contributed by atoms with E-state index in [1.165, 1.54) is 57.4 Å². The molecule has 0 unspecified atom stereocenters. The molecule has 2 aromatic carbocycles. The Morgan fingerprint density at radius 2 is 1.55 bits per heavy atom. The number of quaternary nitrogens is 2. The standard InChI is InChI=1S/C25H34N2O2/c1-28-24-13-10-22(25(18-24)29-2)19-26-14-16-27(17-15-26)23-11-8-21(9-12-23)20-6-4-3-5-7-20/h3-7,10,13,18,21,23H,8-9,11-12,14-17,19H2,1-2H3/p+2. The highest BCUT2D eigenvalue weighted by atomic mass is 16.5. The van der Waals surface area contributed by atoms with Crippen LogP contribution >= 0.6 is 0 Å². The molecule has 2 aliphatic rings. The third kappa shape index (κ3) is 4.93. The van der Waals surface area contributed by atoms with Gasteiger partial charge in [-0.25, -0.2) is 0 Å². The maximum absolute atomic E-state index is 5.59. The topological polar surface area (TPSA) is 27.3 Å². The SMILES string of the molecule is COc1ccc(C[NH+]2CC[NH+](C3CCC(c4ccccc4)CC3)CC2)c(OC)c1. The van der Waals surface area contributed by atoms with Crippen LogP contribution in [0.3, 0.4) is 0 Å². The highest BCUT2D eigenvalue weighted by molar-refractivity contribution is 5.40. The van der Waals surface area contributed by atoms with E-state index in [-0.39, 0.29) is 0 Å². The molecular weight excluding hydrogens is 360 g/mol. The van der Waals surface area contributed by atoms with E-state index in [4.69, 9.17) is 9.47 Å². The number of methoxy groups -OCH3 is 2. The molecule has 4 nitrogen and oxygen atoms in total. The molecule has 4 heteroatoms. The smallest absolute Gasteiger partial charge is 0.131 e. The summed E-state index contributed by atoms with van der Waals surface area (Å²) in [7, 11) is 3.45. The van der Waals surface area contributed by atoms with Crippen molar-refractivity contribution in [3.8, 4) is 11.5 Å². The fourth-order valence-electron chi connectivity index (χ4n) is 5.34. The predicted molar refractivity (Wildman–Crippen MR) is 116 cm³/mol. The number of benzene rings is 2. The van der Waals surface area contributed by atoms with Gasteiger partial charge >= 0.3 is 0 Å². The van der Waals surface area contributed by atoms with Gasteiger partial charge in [0.2, 0.25) is 0 Å². The second kappa shape index (κ2) is 9.64. The molecule has 0 aromatic heterocycles. The highest BCUT2D eigenvalue weighted by Gasteiger charge is 2.33. The minimum Gasteiger partial charge on any atom is -0.497 e. The van der Waals surface area contributed by atoms with Crippen molar-refractivity contribution in [1.29, 1.82) is 0 Å². The Kier molecular flexibility index (Phi) is 6.73. The number of nitrogens with one attached hydrogen (secondary N) is 2. The van der Waals surface area contributed by atoms with Crippen molar-refractivity contribution < 1.29 is 19.3 Å². The van der Waals surface area contributed by atoms with E-state index in [0.29, 0.717) is 0 Å². The zero-order valence-electron chi connectivity index (χ0n) is 18.0. The van der Waals surface area contributed by atoms with E-state index >= 15 is 0 Å². The maximum atomic E-state index is 5.59. The van der Waals surface area contributed by atoms with Gasteiger partial charge in [0.1, 0.15) is 44.2 Å². The van der Waals surface area contributed by atoms with Crippen LogP contribution in [0, 0.1) is 0 Å².